The summed E-state index contributed by atoms with van der Waals surface area (Å²) in [5.74, 6) is 0.277. The van der Waals surface area contributed by atoms with Crippen LogP contribution in [0.4, 0.5) is 0 Å². The number of rotatable bonds is 8. The van der Waals surface area contributed by atoms with Crippen LogP contribution in [-0.4, -0.2) is 37.3 Å². The zero-order chi connectivity index (χ0) is 24.5. The highest BCUT2D eigenvalue weighted by Crippen LogP contribution is 2.32. The first-order valence-corrected chi connectivity index (χ1v) is 12.7. The summed E-state index contributed by atoms with van der Waals surface area (Å²) in [7, 11) is 1.54. The quantitative estimate of drug-likeness (QED) is 0.249. The second kappa shape index (κ2) is 10.4. The summed E-state index contributed by atoms with van der Waals surface area (Å²) < 4.78 is 13.3. The van der Waals surface area contributed by atoms with E-state index in [2.05, 4.69) is 44.6 Å². The fourth-order valence-electron chi connectivity index (χ4n) is 3.60. The molecule has 6 nitrogen and oxygen atoms in total. The number of ketones is 1. The number of methoxy groups -OCH3 is 1. The molecule has 0 N–H and O–H groups in total. The van der Waals surface area contributed by atoms with Crippen LogP contribution in [0.1, 0.15) is 56.4 Å². The number of pyridine rings is 2. The van der Waals surface area contributed by atoms with Gasteiger partial charge in [0, 0.05) is 24.4 Å². The van der Waals surface area contributed by atoms with Gasteiger partial charge in [0.05, 0.1) is 22.8 Å². The Balaban J connectivity index is 2.01. The molecule has 0 spiro atoms. The molecule has 3 aromatic rings. The Morgan fingerprint density at radius 2 is 1.79 bits per heavy atom. The van der Waals surface area contributed by atoms with E-state index in [4.69, 9.17) is 43.7 Å². The Morgan fingerprint density at radius 1 is 1.15 bits per heavy atom. The first-order chi connectivity index (χ1) is 15.5. The lowest BCUT2D eigenvalue weighted by molar-refractivity contribution is 0.0987. The zero-order valence-electron chi connectivity index (χ0n) is 19.4. The SMILES string of the molecule is COc1ccc(C(=O)Cc2c(Cl)cncc2Cl)n2c(Cl)c(CO[S+](C(C)C)C(C)(C)C)nc12. The van der Waals surface area contributed by atoms with Gasteiger partial charge in [-0.05, 0) is 46.8 Å². The first-order valence-electron chi connectivity index (χ1n) is 10.4. The maximum atomic E-state index is 13.3. The second-order valence-corrected chi connectivity index (χ2v) is 12.9. The predicted molar refractivity (Wildman–Crippen MR) is 136 cm³/mol. The van der Waals surface area contributed by atoms with Gasteiger partial charge in [-0.15, -0.1) is 0 Å². The van der Waals surface area contributed by atoms with Crippen molar-refractivity contribution in [3.05, 3.63) is 56.7 Å². The molecule has 0 bridgehead atoms. The molecule has 0 aliphatic rings. The third-order valence-corrected chi connectivity index (χ3v) is 8.36. The molecule has 1 unspecified atom stereocenters. The number of Topliss-reactive ketones (excluding diaryl/α,β-unsaturated/α-hetero) is 1. The van der Waals surface area contributed by atoms with Crippen LogP contribution in [0, 0.1) is 0 Å². The highest BCUT2D eigenvalue weighted by molar-refractivity contribution is 7.94. The lowest BCUT2D eigenvalue weighted by Crippen LogP contribution is -2.36. The normalized spacial score (nSPS) is 13.0. The Hall–Kier alpha value is -1.51. The van der Waals surface area contributed by atoms with Crippen molar-refractivity contribution >= 4 is 57.4 Å². The molecule has 0 radical (unpaired) electrons. The lowest BCUT2D eigenvalue weighted by atomic mass is 10.1. The molecule has 0 fully saturated rings. The highest BCUT2D eigenvalue weighted by atomic mass is 35.5. The number of nitrogens with zero attached hydrogens (tertiary/aromatic N) is 3. The van der Waals surface area contributed by atoms with Crippen molar-refractivity contribution in [2.75, 3.05) is 7.11 Å². The van der Waals surface area contributed by atoms with E-state index >= 15 is 0 Å². The van der Waals surface area contributed by atoms with Crippen LogP contribution in [0.3, 0.4) is 0 Å². The summed E-state index contributed by atoms with van der Waals surface area (Å²) >= 11 is 18.8. The van der Waals surface area contributed by atoms with Gasteiger partial charge in [-0.1, -0.05) is 34.8 Å². The van der Waals surface area contributed by atoms with Gasteiger partial charge < -0.3 is 4.74 Å². The molecule has 33 heavy (non-hydrogen) atoms. The minimum absolute atomic E-state index is 0.0111. The van der Waals surface area contributed by atoms with Crippen LogP contribution in [-0.2, 0) is 28.4 Å². The number of carbonyl (C=O) groups is 1. The Labute approximate surface area is 212 Å². The molecule has 1 atom stereocenters. The Kier molecular flexibility index (Phi) is 8.23. The minimum Gasteiger partial charge on any atom is -0.493 e. The zero-order valence-corrected chi connectivity index (χ0v) is 22.5. The van der Waals surface area contributed by atoms with Crippen LogP contribution >= 0.6 is 34.8 Å². The molecule has 3 aromatic heterocycles. The van der Waals surface area contributed by atoms with Gasteiger partial charge >= 0.3 is 0 Å². The number of carbonyl (C=O) groups excluding carboxylic acids is 1. The largest absolute Gasteiger partial charge is 0.493 e. The summed E-state index contributed by atoms with van der Waals surface area (Å²) in [5.41, 5.74) is 1.84. The van der Waals surface area contributed by atoms with Gasteiger partial charge in [0.1, 0.15) is 22.7 Å². The van der Waals surface area contributed by atoms with Crippen LogP contribution in [0.15, 0.2) is 24.5 Å². The number of hydrogen-bond donors (Lipinski definition) is 0. The third kappa shape index (κ3) is 5.60. The maximum absolute atomic E-state index is 13.3. The van der Waals surface area contributed by atoms with Gasteiger partial charge in [0.2, 0.25) is 0 Å². The number of aromatic nitrogens is 3. The number of imidazole rings is 1. The van der Waals surface area contributed by atoms with E-state index < -0.39 is 0 Å². The minimum atomic E-state index is -0.318. The van der Waals surface area contributed by atoms with E-state index in [0.717, 1.165) is 0 Å². The number of fused-ring (bicyclic) bond motifs is 1. The van der Waals surface area contributed by atoms with E-state index in [1.165, 1.54) is 12.4 Å². The number of hydrogen-bond acceptors (Lipinski definition) is 5. The van der Waals surface area contributed by atoms with Crippen molar-refractivity contribution in [3.63, 3.8) is 0 Å². The average Bonchev–Trinajstić information content (AvgIpc) is 3.05. The molecule has 0 aromatic carbocycles. The monoisotopic (exact) mass is 530 g/mol. The van der Waals surface area contributed by atoms with Gasteiger partial charge in [0.25, 0.3) is 0 Å². The molecule has 3 heterocycles. The van der Waals surface area contributed by atoms with E-state index in [-0.39, 0.29) is 34.7 Å². The summed E-state index contributed by atoms with van der Waals surface area (Å²) in [5, 5.41) is 1.30. The fourth-order valence-corrected chi connectivity index (χ4v) is 6.65. The standard InChI is InChI=1S/C23H27Cl3N3O3S/c1-13(2)33(23(3,4)5)32-12-17-21(26)29-18(7-8-20(31-6)22(29)28-17)19(30)9-14-15(24)10-27-11-16(14)25/h7-8,10-11,13H,9,12H2,1-6H3/q+1. The Bertz CT molecular complexity index is 1150. The van der Waals surface area contributed by atoms with E-state index in [1.807, 2.05) is 0 Å². The number of ether oxygens (including phenoxy) is 1. The molecule has 0 aliphatic carbocycles. The van der Waals surface area contributed by atoms with Crippen molar-refractivity contribution in [1.29, 1.82) is 0 Å². The molecule has 3 rings (SSSR count). The van der Waals surface area contributed by atoms with E-state index in [9.17, 15) is 4.79 Å². The molecular formula is C23H27Cl3N3O3S+. The van der Waals surface area contributed by atoms with E-state index in [0.29, 0.717) is 48.8 Å². The molecule has 0 saturated carbocycles. The van der Waals surface area contributed by atoms with Gasteiger partial charge in [0.15, 0.2) is 33.1 Å². The van der Waals surface area contributed by atoms with Gasteiger partial charge in [-0.25, -0.2) is 4.98 Å². The molecule has 178 valence electrons. The predicted octanol–water partition coefficient (Wildman–Crippen LogP) is 6.38. The number of halogens is 3. The van der Waals surface area contributed by atoms with Crippen molar-refractivity contribution in [3.8, 4) is 5.75 Å². The van der Waals surface area contributed by atoms with Crippen LogP contribution < -0.4 is 4.74 Å². The third-order valence-electron chi connectivity index (χ3n) is 4.89. The van der Waals surface area contributed by atoms with Crippen LogP contribution in [0.25, 0.3) is 5.65 Å². The first kappa shape index (κ1) is 26.1. The van der Waals surface area contributed by atoms with Crippen molar-refractivity contribution in [2.24, 2.45) is 0 Å². The average molecular weight is 532 g/mol. The summed E-state index contributed by atoms with van der Waals surface area (Å²) in [6, 6.07) is 3.35. The van der Waals surface area contributed by atoms with Crippen molar-refractivity contribution < 1.29 is 13.7 Å². The van der Waals surface area contributed by atoms with Crippen molar-refractivity contribution in [2.45, 2.75) is 57.6 Å². The highest BCUT2D eigenvalue weighted by Gasteiger charge is 2.40. The maximum Gasteiger partial charge on any atom is 0.184 e. The van der Waals surface area contributed by atoms with Crippen LogP contribution in [0.2, 0.25) is 15.2 Å². The molecular weight excluding hydrogens is 505 g/mol. The van der Waals surface area contributed by atoms with Crippen molar-refractivity contribution in [1.82, 2.24) is 14.4 Å². The summed E-state index contributed by atoms with van der Waals surface area (Å²) in [6.07, 6.45) is 2.91. The molecule has 0 saturated heterocycles. The van der Waals surface area contributed by atoms with E-state index in [1.54, 1.807) is 23.6 Å². The molecule has 0 amide bonds. The molecule has 0 aliphatic heterocycles. The second-order valence-electron chi connectivity index (χ2n) is 8.70. The summed E-state index contributed by atoms with van der Waals surface area (Å²) in [6.45, 7) is 10.9. The topological polar surface area (TPSA) is 65.7 Å². The molecule has 10 heteroatoms. The fraction of sp³-hybridized carbons (Fsp3) is 0.435. The lowest BCUT2D eigenvalue weighted by Gasteiger charge is -2.21. The van der Waals surface area contributed by atoms with Gasteiger partial charge in [-0.3, -0.25) is 14.2 Å². The van der Waals surface area contributed by atoms with Crippen LogP contribution in [0.5, 0.6) is 5.75 Å². The Morgan fingerprint density at radius 3 is 2.33 bits per heavy atom. The summed E-state index contributed by atoms with van der Waals surface area (Å²) in [4.78, 5) is 21.9. The van der Waals surface area contributed by atoms with Gasteiger partial charge in [-0.2, -0.15) is 4.18 Å². The smallest absolute Gasteiger partial charge is 0.184 e.